The van der Waals surface area contributed by atoms with Gasteiger partial charge in [-0.15, -0.1) is 0 Å². The number of Topliss-reactive ketones (excluding diaryl/α,β-unsaturated/α-hetero) is 1. The molecule has 0 unspecified atom stereocenters. The topological polar surface area (TPSA) is 46.5 Å². The van der Waals surface area contributed by atoms with Crippen molar-refractivity contribution in [2.75, 3.05) is 6.61 Å². The third-order valence-corrected chi connectivity index (χ3v) is 3.09. The van der Waals surface area contributed by atoms with E-state index < -0.39 is 0 Å². The number of aryl methyl sites for hydroxylation is 1. The van der Waals surface area contributed by atoms with Gasteiger partial charge in [-0.3, -0.25) is 4.79 Å². The standard InChI is InChI=1S/C15H12O3/c1-9-2-4-12-11-5-3-10(16)7-13(11)14(17)8-18-15(12)6-9/h2-7,16H,8H2,1H3. The van der Waals surface area contributed by atoms with Crippen LogP contribution in [0.3, 0.4) is 0 Å². The summed E-state index contributed by atoms with van der Waals surface area (Å²) in [7, 11) is 0. The van der Waals surface area contributed by atoms with Crippen molar-refractivity contribution in [2.24, 2.45) is 0 Å². The Morgan fingerprint density at radius 2 is 1.83 bits per heavy atom. The Hall–Kier alpha value is -2.29. The van der Waals surface area contributed by atoms with Crippen molar-refractivity contribution in [1.82, 2.24) is 0 Å². The number of benzene rings is 2. The summed E-state index contributed by atoms with van der Waals surface area (Å²) in [5.74, 6) is 0.695. The third kappa shape index (κ3) is 1.64. The molecule has 3 heteroatoms. The summed E-state index contributed by atoms with van der Waals surface area (Å²) < 4.78 is 5.53. The second kappa shape index (κ2) is 3.88. The molecule has 0 saturated heterocycles. The molecule has 2 aromatic carbocycles. The van der Waals surface area contributed by atoms with Crippen molar-refractivity contribution in [2.45, 2.75) is 6.92 Å². The number of ketones is 1. The maximum Gasteiger partial charge on any atom is 0.200 e. The van der Waals surface area contributed by atoms with Gasteiger partial charge in [0.15, 0.2) is 6.61 Å². The second-order valence-corrected chi connectivity index (χ2v) is 4.44. The minimum absolute atomic E-state index is 0.00685. The predicted octanol–water partition coefficient (Wildman–Crippen LogP) is 2.94. The molecule has 0 aliphatic carbocycles. The van der Waals surface area contributed by atoms with E-state index in [0.717, 1.165) is 16.7 Å². The maximum atomic E-state index is 12.0. The number of carbonyl (C=O) groups is 1. The smallest absolute Gasteiger partial charge is 0.200 e. The van der Waals surface area contributed by atoms with Crippen LogP contribution in [0.4, 0.5) is 0 Å². The number of hydrogen-bond acceptors (Lipinski definition) is 3. The van der Waals surface area contributed by atoms with Gasteiger partial charge < -0.3 is 9.84 Å². The SMILES string of the molecule is Cc1ccc2c(c1)OCC(=O)c1cc(O)ccc1-2. The average molecular weight is 240 g/mol. The Morgan fingerprint density at radius 1 is 1.06 bits per heavy atom. The first-order valence-electron chi connectivity index (χ1n) is 5.75. The molecule has 1 aliphatic heterocycles. The lowest BCUT2D eigenvalue weighted by Gasteiger charge is -2.08. The molecule has 0 spiro atoms. The van der Waals surface area contributed by atoms with Crippen LogP contribution >= 0.6 is 0 Å². The molecule has 3 nitrogen and oxygen atoms in total. The zero-order valence-corrected chi connectivity index (χ0v) is 9.93. The monoisotopic (exact) mass is 240 g/mol. The van der Waals surface area contributed by atoms with Gasteiger partial charge in [0.1, 0.15) is 11.5 Å². The summed E-state index contributed by atoms with van der Waals surface area (Å²) in [6.07, 6.45) is 0. The fourth-order valence-corrected chi connectivity index (χ4v) is 2.19. The van der Waals surface area contributed by atoms with E-state index in [9.17, 15) is 9.90 Å². The van der Waals surface area contributed by atoms with E-state index in [0.29, 0.717) is 11.3 Å². The molecule has 3 rings (SSSR count). The number of phenolic OH excluding ortho intramolecular Hbond substituents is 1. The molecule has 90 valence electrons. The van der Waals surface area contributed by atoms with Crippen LogP contribution in [0.1, 0.15) is 15.9 Å². The van der Waals surface area contributed by atoms with E-state index in [4.69, 9.17) is 4.74 Å². The third-order valence-electron chi connectivity index (χ3n) is 3.09. The molecule has 0 saturated carbocycles. The zero-order chi connectivity index (χ0) is 12.7. The predicted molar refractivity (Wildman–Crippen MR) is 68.1 cm³/mol. The van der Waals surface area contributed by atoms with Gasteiger partial charge >= 0.3 is 0 Å². The number of carbonyl (C=O) groups excluding carboxylic acids is 1. The van der Waals surface area contributed by atoms with E-state index in [-0.39, 0.29) is 18.1 Å². The Labute approximate surface area is 105 Å². The minimum atomic E-state index is -0.116. The molecule has 0 aromatic heterocycles. The van der Waals surface area contributed by atoms with Crippen molar-refractivity contribution in [3.63, 3.8) is 0 Å². The number of hydrogen-bond donors (Lipinski definition) is 1. The van der Waals surface area contributed by atoms with Crippen LogP contribution in [0.2, 0.25) is 0 Å². The van der Waals surface area contributed by atoms with Gasteiger partial charge in [-0.05, 0) is 42.3 Å². The summed E-state index contributed by atoms with van der Waals surface area (Å²) in [6.45, 7) is 1.99. The molecule has 18 heavy (non-hydrogen) atoms. The van der Waals surface area contributed by atoms with Gasteiger partial charge in [-0.2, -0.15) is 0 Å². The molecular formula is C15H12O3. The number of aromatic hydroxyl groups is 1. The van der Waals surface area contributed by atoms with Gasteiger partial charge in [0.05, 0.1) is 0 Å². The lowest BCUT2D eigenvalue weighted by atomic mass is 9.96. The highest BCUT2D eigenvalue weighted by Crippen LogP contribution is 2.37. The second-order valence-electron chi connectivity index (χ2n) is 4.44. The van der Waals surface area contributed by atoms with Crippen molar-refractivity contribution in [3.8, 4) is 22.6 Å². The normalized spacial score (nSPS) is 13.3. The minimum Gasteiger partial charge on any atom is -0.508 e. The van der Waals surface area contributed by atoms with E-state index in [2.05, 4.69) is 0 Å². The average Bonchev–Trinajstić information content (AvgIpc) is 2.48. The number of fused-ring (bicyclic) bond motifs is 3. The Balaban J connectivity index is 2.30. The molecular weight excluding hydrogens is 228 g/mol. The van der Waals surface area contributed by atoms with Crippen LogP contribution in [-0.2, 0) is 0 Å². The quantitative estimate of drug-likeness (QED) is 0.770. The number of phenols is 1. The van der Waals surface area contributed by atoms with E-state index >= 15 is 0 Å². The Morgan fingerprint density at radius 3 is 2.67 bits per heavy atom. The summed E-state index contributed by atoms with van der Waals surface area (Å²) in [6, 6.07) is 10.7. The summed E-state index contributed by atoms with van der Waals surface area (Å²) in [5.41, 5.74) is 3.30. The summed E-state index contributed by atoms with van der Waals surface area (Å²) >= 11 is 0. The van der Waals surface area contributed by atoms with E-state index in [1.54, 1.807) is 12.1 Å². The van der Waals surface area contributed by atoms with Crippen LogP contribution in [-0.4, -0.2) is 17.5 Å². The number of ether oxygens (including phenoxy) is 1. The van der Waals surface area contributed by atoms with Crippen LogP contribution in [0, 0.1) is 6.92 Å². The summed E-state index contributed by atoms with van der Waals surface area (Å²) in [5, 5.41) is 9.50. The first-order chi connectivity index (χ1) is 8.65. The van der Waals surface area contributed by atoms with E-state index in [1.807, 2.05) is 25.1 Å². The molecule has 0 fully saturated rings. The van der Waals surface area contributed by atoms with Gasteiger partial charge in [-0.1, -0.05) is 12.1 Å². The molecule has 1 N–H and O–H groups in total. The van der Waals surface area contributed by atoms with E-state index in [1.165, 1.54) is 6.07 Å². The molecule has 0 bridgehead atoms. The highest BCUT2D eigenvalue weighted by Gasteiger charge is 2.21. The van der Waals surface area contributed by atoms with Gasteiger partial charge in [0.25, 0.3) is 0 Å². The molecule has 0 atom stereocenters. The van der Waals surface area contributed by atoms with Crippen LogP contribution in [0.25, 0.3) is 11.1 Å². The van der Waals surface area contributed by atoms with Gasteiger partial charge in [0, 0.05) is 11.1 Å². The van der Waals surface area contributed by atoms with Crippen LogP contribution < -0.4 is 4.74 Å². The molecule has 2 aromatic rings. The summed E-state index contributed by atoms with van der Waals surface area (Å²) in [4.78, 5) is 12.0. The van der Waals surface area contributed by atoms with Gasteiger partial charge in [0.2, 0.25) is 5.78 Å². The molecule has 1 aliphatic rings. The highest BCUT2D eigenvalue weighted by atomic mass is 16.5. The van der Waals surface area contributed by atoms with Crippen molar-refractivity contribution in [3.05, 3.63) is 47.5 Å². The van der Waals surface area contributed by atoms with Gasteiger partial charge in [-0.25, -0.2) is 0 Å². The lowest BCUT2D eigenvalue weighted by Crippen LogP contribution is -2.09. The first-order valence-corrected chi connectivity index (χ1v) is 5.75. The van der Waals surface area contributed by atoms with Crippen molar-refractivity contribution >= 4 is 5.78 Å². The fraction of sp³-hybridized carbons (Fsp3) is 0.133. The highest BCUT2D eigenvalue weighted by molar-refractivity contribution is 6.05. The Kier molecular flexibility index (Phi) is 2.33. The zero-order valence-electron chi connectivity index (χ0n) is 9.93. The largest absolute Gasteiger partial charge is 0.508 e. The van der Waals surface area contributed by atoms with Crippen molar-refractivity contribution < 1.29 is 14.6 Å². The lowest BCUT2D eigenvalue weighted by molar-refractivity contribution is 0.0925. The molecule has 0 amide bonds. The molecule has 0 radical (unpaired) electrons. The number of rotatable bonds is 0. The first kappa shape index (κ1) is 10.8. The molecule has 1 heterocycles. The Bertz CT molecular complexity index is 644. The van der Waals surface area contributed by atoms with Crippen molar-refractivity contribution in [1.29, 1.82) is 0 Å². The van der Waals surface area contributed by atoms with Crippen LogP contribution in [0.5, 0.6) is 11.5 Å². The van der Waals surface area contributed by atoms with Crippen LogP contribution in [0.15, 0.2) is 36.4 Å². The fourth-order valence-electron chi connectivity index (χ4n) is 2.19. The maximum absolute atomic E-state index is 12.0.